The third-order valence-corrected chi connectivity index (χ3v) is 3.22. The van der Waals surface area contributed by atoms with E-state index >= 15 is 0 Å². The van der Waals surface area contributed by atoms with Gasteiger partial charge in [-0.05, 0) is 35.9 Å². The van der Waals surface area contributed by atoms with Crippen LogP contribution < -0.4 is 5.32 Å². The van der Waals surface area contributed by atoms with Crippen molar-refractivity contribution in [3.63, 3.8) is 0 Å². The summed E-state index contributed by atoms with van der Waals surface area (Å²) in [5, 5.41) is 21.4. The molecule has 0 radical (unpaired) electrons. The van der Waals surface area contributed by atoms with E-state index < -0.39 is 11.7 Å². The van der Waals surface area contributed by atoms with Gasteiger partial charge in [0.2, 0.25) is 0 Å². The number of anilines is 1. The Morgan fingerprint density at radius 1 is 1.00 bits per heavy atom. The van der Waals surface area contributed by atoms with Gasteiger partial charge >= 0.3 is 6.18 Å². The average molecular weight is 362 g/mol. The van der Waals surface area contributed by atoms with E-state index in [1.54, 1.807) is 6.07 Å². The summed E-state index contributed by atoms with van der Waals surface area (Å²) < 4.78 is 38.4. The number of hydrogen-bond donors (Lipinski definition) is 3. The van der Waals surface area contributed by atoms with Gasteiger partial charge in [-0.15, -0.1) is 0 Å². The first-order valence-corrected chi connectivity index (χ1v) is 6.67. The van der Waals surface area contributed by atoms with E-state index in [1.807, 2.05) is 0 Å². The Morgan fingerprint density at radius 2 is 1.71 bits per heavy atom. The minimum absolute atomic E-state index is 0.210. The summed E-state index contributed by atoms with van der Waals surface area (Å²) in [6.07, 6.45) is -4.42. The summed E-state index contributed by atoms with van der Waals surface area (Å²) >= 11 is 3.04. The molecule has 21 heavy (non-hydrogen) atoms. The number of rotatable bonds is 3. The number of phenolic OH excluding ortho intramolecular Hbond substituents is 2. The fourth-order valence-electron chi connectivity index (χ4n) is 1.74. The lowest BCUT2D eigenvalue weighted by Crippen LogP contribution is -2.07. The average Bonchev–Trinajstić information content (AvgIpc) is 2.38. The maximum atomic E-state index is 12.7. The lowest BCUT2D eigenvalue weighted by molar-refractivity contribution is -0.137. The van der Waals surface area contributed by atoms with E-state index in [2.05, 4.69) is 21.2 Å². The highest BCUT2D eigenvalue weighted by Gasteiger charge is 2.31. The highest BCUT2D eigenvalue weighted by Crippen LogP contribution is 2.33. The second kappa shape index (κ2) is 5.85. The van der Waals surface area contributed by atoms with Crippen LogP contribution in [0.5, 0.6) is 11.5 Å². The van der Waals surface area contributed by atoms with Crippen LogP contribution in [-0.4, -0.2) is 10.2 Å². The smallest absolute Gasteiger partial charge is 0.416 e. The van der Waals surface area contributed by atoms with Gasteiger partial charge in [0.25, 0.3) is 0 Å². The molecule has 2 aromatic rings. The van der Waals surface area contributed by atoms with Crippen molar-refractivity contribution in [2.75, 3.05) is 5.32 Å². The number of benzene rings is 2. The Kier molecular flexibility index (Phi) is 4.32. The summed E-state index contributed by atoms with van der Waals surface area (Å²) in [7, 11) is 0. The van der Waals surface area contributed by atoms with Crippen LogP contribution in [0.3, 0.4) is 0 Å². The van der Waals surface area contributed by atoms with Gasteiger partial charge in [-0.1, -0.05) is 22.0 Å². The molecule has 7 heteroatoms. The summed E-state index contributed by atoms with van der Waals surface area (Å²) in [6.45, 7) is 0.210. The van der Waals surface area contributed by atoms with Gasteiger partial charge in [-0.3, -0.25) is 0 Å². The Balaban J connectivity index is 2.16. The van der Waals surface area contributed by atoms with Crippen molar-refractivity contribution < 1.29 is 23.4 Å². The van der Waals surface area contributed by atoms with Crippen molar-refractivity contribution in [3.8, 4) is 11.5 Å². The Labute approximate surface area is 127 Å². The molecule has 0 aliphatic rings. The van der Waals surface area contributed by atoms with Crippen molar-refractivity contribution in [2.45, 2.75) is 12.7 Å². The fourth-order valence-corrected chi connectivity index (χ4v) is 2.23. The van der Waals surface area contributed by atoms with Crippen LogP contribution in [0.25, 0.3) is 0 Å². The molecule has 3 N–H and O–H groups in total. The molecule has 0 aliphatic carbocycles. The largest absolute Gasteiger partial charge is 0.504 e. The molecule has 0 fully saturated rings. The maximum absolute atomic E-state index is 12.7. The first-order chi connectivity index (χ1) is 9.75. The van der Waals surface area contributed by atoms with Gasteiger partial charge in [-0.2, -0.15) is 13.2 Å². The monoisotopic (exact) mass is 361 g/mol. The number of alkyl halides is 3. The van der Waals surface area contributed by atoms with Gasteiger partial charge in [0.15, 0.2) is 11.5 Å². The van der Waals surface area contributed by atoms with E-state index in [0.717, 1.165) is 12.1 Å². The second-order valence-corrected chi connectivity index (χ2v) is 5.32. The van der Waals surface area contributed by atoms with Gasteiger partial charge < -0.3 is 15.5 Å². The molecule has 0 spiro atoms. The molecule has 0 atom stereocenters. The molecule has 2 aromatic carbocycles. The van der Waals surface area contributed by atoms with Crippen molar-refractivity contribution in [1.29, 1.82) is 0 Å². The van der Waals surface area contributed by atoms with Crippen molar-refractivity contribution in [1.82, 2.24) is 0 Å². The first kappa shape index (κ1) is 15.5. The van der Waals surface area contributed by atoms with E-state index in [9.17, 15) is 23.4 Å². The van der Waals surface area contributed by atoms with Crippen LogP contribution in [-0.2, 0) is 12.7 Å². The van der Waals surface area contributed by atoms with Gasteiger partial charge in [0.1, 0.15) is 0 Å². The molecule has 2 rings (SSSR count). The summed E-state index contributed by atoms with van der Waals surface area (Å²) in [6, 6.07) is 7.74. The van der Waals surface area contributed by atoms with Gasteiger partial charge in [0, 0.05) is 16.7 Å². The number of halogens is 4. The minimum Gasteiger partial charge on any atom is -0.504 e. The van der Waals surface area contributed by atoms with E-state index in [4.69, 9.17) is 0 Å². The van der Waals surface area contributed by atoms with Crippen LogP contribution in [0.15, 0.2) is 40.9 Å². The Hall–Kier alpha value is -1.89. The zero-order valence-electron chi connectivity index (χ0n) is 10.6. The maximum Gasteiger partial charge on any atom is 0.416 e. The number of phenols is 2. The number of nitrogens with one attached hydrogen (secondary N) is 1. The SMILES string of the molecule is Oc1ccc(CNc2cc(Br)cc(C(F)(F)F)c2)cc1O. The van der Waals surface area contributed by atoms with E-state index in [0.29, 0.717) is 15.7 Å². The highest BCUT2D eigenvalue weighted by molar-refractivity contribution is 9.10. The fraction of sp³-hybridized carbons (Fsp3) is 0.143. The first-order valence-electron chi connectivity index (χ1n) is 5.88. The molecule has 0 bridgehead atoms. The molecule has 0 heterocycles. The summed E-state index contributed by atoms with van der Waals surface area (Å²) in [5.74, 6) is -0.528. The van der Waals surface area contributed by atoms with Crippen molar-refractivity contribution in [3.05, 3.63) is 52.0 Å². The zero-order valence-corrected chi connectivity index (χ0v) is 12.2. The molecule has 0 aliphatic heterocycles. The lowest BCUT2D eigenvalue weighted by Gasteiger charge is -2.12. The van der Waals surface area contributed by atoms with Crippen LogP contribution in [0.2, 0.25) is 0 Å². The highest BCUT2D eigenvalue weighted by atomic mass is 79.9. The standard InChI is InChI=1S/C14H11BrF3NO2/c15-10-4-9(14(16,17)18)5-11(6-10)19-7-8-1-2-12(20)13(21)3-8/h1-6,19-21H,7H2. The minimum atomic E-state index is -4.42. The second-order valence-electron chi connectivity index (χ2n) is 4.40. The molecule has 0 amide bonds. The van der Waals surface area contributed by atoms with E-state index in [-0.39, 0.29) is 18.0 Å². The van der Waals surface area contributed by atoms with Crippen LogP contribution >= 0.6 is 15.9 Å². The molecular formula is C14H11BrF3NO2. The zero-order chi connectivity index (χ0) is 15.6. The van der Waals surface area contributed by atoms with Crippen LogP contribution in [0.4, 0.5) is 18.9 Å². The topological polar surface area (TPSA) is 52.5 Å². The van der Waals surface area contributed by atoms with Crippen LogP contribution in [0.1, 0.15) is 11.1 Å². The third-order valence-electron chi connectivity index (χ3n) is 2.76. The molecule has 112 valence electrons. The number of aromatic hydroxyl groups is 2. The predicted molar refractivity (Wildman–Crippen MR) is 76.2 cm³/mol. The summed E-state index contributed by atoms with van der Waals surface area (Å²) in [5.41, 5.74) is 0.163. The molecule has 0 saturated carbocycles. The van der Waals surface area contributed by atoms with E-state index in [1.165, 1.54) is 18.2 Å². The quantitative estimate of drug-likeness (QED) is 0.706. The van der Waals surface area contributed by atoms with Gasteiger partial charge in [-0.25, -0.2) is 0 Å². The molecule has 3 nitrogen and oxygen atoms in total. The lowest BCUT2D eigenvalue weighted by atomic mass is 10.1. The third kappa shape index (κ3) is 4.04. The molecule has 0 saturated heterocycles. The predicted octanol–water partition coefficient (Wildman–Crippen LogP) is 4.49. The molecule has 0 unspecified atom stereocenters. The van der Waals surface area contributed by atoms with Crippen molar-refractivity contribution >= 4 is 21.6 Å². The Bertz CT molecular complexity index is 659. The molecular weight excluding hydrogens is 351 g/mol. The van der Waals surface area contributed by atoms with Crippen LogP contribution in [0, 0.1) is 0 Å². The van der Waals surface area contributed by atoms with Gasteiger partial charge in [0.05, 0.1) is 5.56 Å². The normalized spacial score (nSPS) is 11.4. The van der Waals surface area contributed by atoms with Crippen molar-refractivity contribution in [2.24, 2.45) is 0 Å². The summed E-state index contributed by atoms with van der Waals surface area (Å²) in [4.78, 5) is 0. The number of hydrogen-bond acceptors (Lipinski definition) is 3. The molecule has 0 aromatic heterocycles. The Morgan fingerprint density at radius 3 is 2.33 bits per heavy atom.